The van der Waals surface area contributed by atoms with Crippen LogP contribution >= 0.6 is 0 Å². The Labute approximate surface area is 257 Å². The van der Waals surface area contributed by atoms with Gasteiger partial charge in [0.2, 0.25) is 0 Å². The summed E-state index contributed by atoms with van der Waals surface area (Å²) in [5, 5.41) is 39.4. The maximum Gasteiger partial charge on any atom is 0.270 e. The van der Waals surface area contributed by atoms with Crippen LogP contribution in [0.3, 0.4) is 0 Å². The Hall–Kier alpha value is -5.41. The van der Waals surface area contributed by atoms with Gasteiger partial charge >= 0.3 is 0 Å². The fourth-order valence-corrected chi connectivity index (χ4v) is 4.73. The molecule has 3 aromatic carbocycles. The van der Waals surface area contributed by atoms with Crippen LogP contribution in [0, 0.1) is 41.0 Å². The Bertz CT molecular complexity index is 1960. The fraction of sp³-hybridized carbons (Fsp3) is 0.300. The summed E-state index contributed by atoms with van der Waals surface area (Å²) in [5.74, 6) is 0. The molecule has 0 radical (unpaired) electrons. The molecule has 6 aromatic rings. The summed E-state index contributed by atoms with van der Waals surface area (Å²) in [7, 11) is 3.32. The van der Waals surface area contributed by atoms with Gasteiger partial charge in [-0.25, -0.2) is 0 Å². The summed E-state index contributed by atoms with van der Waals surface area (Å²) in [4.78, 5) is 20.3. The van der Waals surface area contributed by atoms with Crippen LogP contribution in [-0.4, -0.2) is 67.0 Å². The highest BCUT2D eigenvalue weighted by Gasteiger charge is 2.13. The van der Waals surface area contributed by atoms with Crippen LogP contribution in [0.15, 0.2) is 54.6 Å². The number of hydrogen-bond acceptors (Lipinski definition) is 10. The quantitative estimate of drug-likeness (QED) is 0.129. The molecular formula is C30H35N9O6. The largest absolute Gasteiger partial charge is 0.399 e. The first-order chi connectivity index (χ1) is 21.5. The van der Waals surface area contributed by atoms with E-state index in [4.69, 9.17) is 15.2 Å². The standard InChI is InChI=1S/C11H13N3O3.C11H15N3O.C8H7N3O2/c1-8-10-7-9(14(15)16)3-4-11(10)13(12-8)5-6-17-2;1-8-10-7-9(12)3-4-11(10)14(13-8)5-6-15-2;1-5-7-4-6(11(12)13)2-3-8(7)10-9-5/h3-4,7H,5-6H2,1-2H3;3-4,7H,5-6,12H2,1-2H3;2-4H,1H3,(H,9,10). The van der Waals surface area contributed by atoms with Crippen LogP contribution in [0.4, 0.5) is 17.1 Å². The summed E-state index contributed by atoms with van der Waals surface area (Å²) < 4.78 is 13.8. The number of fused-ring (bicyclic) bond motifs is 3. The Kier molecular flexibility index (Phi) is 10.4. The number of nitrogens with zero attached hydrogens (tertiary/aromatic N) is 7. The van der Waals surface area contributed by atoms with Crippen molar-refractivity contribution in [2.45, 2.75) is 33.9 Å². The molecule has 0 amide bonds. The summed E-state index contributed by atoms with van der Waals surface area (Å²) in [5.41, 5.74) is 12.1. The second-order valence-electron chi connectivity index (χ2n) is 10.1. The van der Waals surface area contributed by atoms with Crippen molar-refractivity contribution in [1.82, 2.24) is 29.8 Å². The van der Waals surface area contributed by atoms with Crippen LogP contribution < -0.4 is 5.73 Å². The Balaban J connectivity index is 0.000000155. The molecule has 15 heteroatoms. The van der Waals surface area contributed by atoms with Crippen LogP contribution in [0.1, 0.15) is 17.1 Å². The number of nitrogens with one attached hydrogen (secondary N) is 1. The van der Waals surface area contributed by atoms with Crippen molar-refractivity contribution >= 4 is 49.8 Å². The third kappa shape index (κ3) is 7.57. The summed E-state index contributed by atoms with van der Waals surface area (Å²) in [6, 6.07) is 15.2. The zero-order valence-electron chi connectivity index (χ0n) is 25.7. The molecule has 0 aliphatic carbocycles. The SMILES string of the molecule is COCCn1nc(C)c2cc(N)ccc21.COCCn1nc(C)c2cc([N+](=O)[O-])ccc21.Cc1[nH]nc2ccc([N+](=O)[O-])cc12. The van der Waals surface area contributed by atoms with E-state index in [0.29, 0.717) is 19.8 Å². The first kappa shape index (κ1) is 32.5. The molecule has 45 heavy (non-hydrogen) atoms. The number of aromatic amines is 1. The molecule has 0 saturated heterocycles. The molecule has 0 bridgehead atoms. The van der Waals surface area contributed by atoms with E-state index in [1.165, 1.54) is 18.2 Å². The Morgan fingerprint density at radius 2 is 1.24 bits per heavy atom. The molecule has 15 nitrogen and oxygen atoms in total. The molecule has 3 aromatic heterocycles. The maximum atomic E-state index is 10.7. The van der Waals surface area contributed by atoms with Crippen LogP contribution in [0.2, 0.25) is 0 Å². The second-order valence-corrected chi connectivity index (χ2v) is 10.1. The van der Waals surface area contributed by atoms with E-state index in [1.54, 1.807) is 37.1 Å². The molecule has 6 rings (SSSR count). The van der Waals surface area contributed by atoms with Crippen LogP contribution in [0.5, 0.6) is 0 Å². The van der Waals surface area contributed by atoms with Crippen LogP contribution in [-0.2, 0) is 22.6 Å². The van der Waals surface area contributed by atoms with Gasteiger partial charge in [-0.3, -0.25) is 34.7 Å². The third-order valence-corrected chi connectivity index (χ3v) is 7.04. The van der Waals surface area contributed by atoms with Crippen molar-refractivity contribution in [3.8, 4) is 0 Å². The van der Waals surface area contributed by atoms with Gasteiger partial charge < -0.3 is 15.2 Å². The first-order valence-corrected chi connectivity index (χ1v) is 13.9. The monoisotopic (exact) mass is 617 g/mol. The number of hydrogen-bond donors (Lipinski definition) is 2. The molecule has 0 fully saturated rings. The van der Waals surface area contributed by atoms with Crippen molar-refractivity contribution in [3.05, 3.63) is 91.9 Å². The zero-order valence-corrected chi connectivity index (χ0v) is 25.7. The number of benzene rings is 3. The van der Waals surface area contributed by atoms with E-state index >= 15 is 0 Å². The third-order valence-electron chi connectivity index (χ3n) is 7.04. The van der Waals surface area contributed by atoms with E-state index < -0.39 is 9.85 Å². The summed E-state index contributed by atoms with van der Waals surface area (Å²) in [6.45, 7) is 8.30. The number of nitro benzene ring substituents is 2. The minimum atomic E-state index is -0.411. The lowest BCUT2D eigenvalue weighted by atomic mass is 10.2. The average molecular weight is 618 g/mol. The molecule has 0 aliphatic heterocycles. The van der Waals surface area contributed by atoms with Crippen molar-refractivity contribution in [2.75, 3.05) is 33.2 Å². The number of rotatable bonds is 8. The Morgan fingerprint density at radius 3 is 1.78 bits per heavy atom. The molecule has 0 saturated carbocycles. The van der Waals surface area contributed by atoms with Crippen molar-refractivity contribution in [3.63, 3.8) is 0 Å². The molecule has 0 unspecified atom stereocenters. The molecular weight excluding hydrogens is 582 g/mol. The van der Waals surface area contributed by atoms with Gasteiger partial charge in [0.25, 0.3) is 11.4 Å². The van der Waals surface area contributed by atoms with Crippen molar-refractivity contribution in [2.24, 2.45) is 0 Å². The van der Waals surface area contributed by atoms with E-state index in [2.05, 4.69) is 20.4 Å². The highest BCUT2D eigenvalue weighted by molar-refractivity contribution is 5.85. The van der Waals surface area contributed by atoms with Gasteiger partial charge in [-0.15, -0.1) is 0 Å². The van der Waals surface area contributed by atoms with Crippen molar-refractivity contribution in [1.29, 1.82) is 0 Å². The number of aromatic nitrogens is 6. The molecule has 236 valence electrons. The number of aryl methyl sites for hydroxylation is 3. The smallest absolute Gasteiger partial charge is 0.270 e. The number of nitrogens with two attached hydrogens (primary N) is 1. The molecule has 0 atom stereocenters. The minimum absolute atomic E-state index is 0.0897. The van der Waals surface area contributed by atoms with E-state index in [1.807, 2.05) is 43.7 Å². The molecule has 0 spiro atoms. The first-order valence-electron chi connectivity index (χ1n) is 13.9. The number of anilines is 1. The normalized spacial score (nSPS) is 10.9. The van der Waals surface area contributed by atoms with E-state index in [9.17, 15) is 20.2 Å². The minimum Gasteiger partial charge on any atom is -0.399 e. The predicted molar refractivity (Wildman–Crippen MR) is 171 cm³/mol. The maximum absolute atomic E-state index is 10.7. The number of ether oxygens (including phenoxy) is 2. The number of non-ortho nitro benzene ring substituents is 2. The lowest BCUT2D eigenvalue weighted by Crippen LogP contribution is -2.05. The lowest BCUT2D eigenvalue weighted by molar-refractivity contribution is -0.384. The van der Waals surface area contributed by atoms with Gasteiger partial charge in [0, 0.05) is 66.0 Å². The van der Waals surface area contributed by atoms with Gasteiger partial charge in [0.15, 0.2) is 0 Å². The molecule has 3 N–H and O–H groups in total. The topological polar surface area (TPSA) is 195 Å². The molecule has 3 heterocycles. The van der Waals surface area contributed by atoms with Gasteiger partial charge in [-0.1, -0.05) is 0 Å². The number of methoxy groups -OCH3 is 2. The average Bonchev–Trinajstić information content (AvgIpc) is 3.67. The van der Waals surface area contributed by atoms with E-state index in [-0.39, 0.29) is 11.4 Å². The zero-order chi connectivity index (χ0) is 32.7. The predicted octanol–water partition coefficient (Wildman–Crippen LogP) is 5.25. The number of H-pyrrole nitrogens is 1. The van der Waals surface area contributed by atoms with E-state index in [0.717, 1.165) is 62.0 Å². The highest BCUT2D eigenvalue weighted by atomic mass is 16.6. The van der Waals surface area contributed by atoms with Gasteiger partial charge in [-0.2, -0.15) is 15.3 Å². The Morgan fingerprint density at radius 1 is 0.756 bits per heavy atom. The second kappa shape index (κ2) is 14.4. The van der Waals surface area contributed by atoms with Gasteiger partial charge in [0.1, 0.15) is 0 Å². The molecule has 0 aliphatic rings. The highest BCUT2D eigenvalue weighted by Crippen LogP contribution is 2.24. The lowest BCUT2D eigenvalue weighted by Gasteiger charge is -2.02. The summed E-state index contributed by atoms with van der Waals surface area (Å²) in [6.07, 6.45) is 0. The number of nitrogen functional groups attached to an aromatic ring is 1. The van der Waals surface area contributed by atoms with Crippen LogP contribution in [0.25, 0.3) is 32.7 Å². The summed E-state index contributed by atoms with van der Waals surface area (Å²) >= 11 is 0. The van der Waals surface area contributed by atoms with Gasteiger partial charge in [0.05, 0.1) is 64.1 Å². The van der Waals surface area contributed by atoms with Gasteiger partial charge in [-0.05, 0) is 51.1 Å². The fourth-order valence-electron chi connectivity index (χ4n) is 4.73. The van der Waals surface area contributed by atoms with Crippen molar-refractivity contribution < 1.29 is 19.3 Å². The number of nitro groups is 2.